The van der Waals surface area contributed by atoms with Gasteiger partial charge < -0.3 is 9.47 Å². The smallest absolute Gasteiger partial charge is 0.276 e. The van der Waals surface area contributed by atoms with Crippen molar-refractivity contribution in [2.24, 2.45) is 5.10 Å². The van der Waals surface area contributed by atoms with E-state index in [9.17, 15) is 8.42 Å². The summed E-state index contributed by atoms with van der Waals surface area (Å²) >= 11 is 0. The monoisotopic (exact) mass is 424 g/mol. The molecule has 0 heterocycles. The van der Waals surface area contributed by atoms with Gasteiger partial charge in [-0.2, -0.15) is 13.5 Å². The van der Waals surface area contributed by atoms with E-state index in [2.05, 4.69) is 9.93 Å². The first-order valence-corrected chi connectivity index (χ1v) is 11.0. The molecule has 0 aliphatic carbocycles. The van der Waals surface area contributed by atoms with E-state index in [1.165, 1.54) is 18.3 Å². The van der Waals surface area contributed by atoms with E-state index in [0.29, 0.717) is 12.4 Å². The minimum atomic E-state index is -3.78. The first-order valence-electron chi connectivity index (χ1n) is 9.51. The molecule has 0 amide bonds. The van der Waals surface area contributed by atoms with Crippen LogP contribution in [0.15, 0.2) is 88.9 Å². The van der Waals surface area contributed by atoms with Gasteiger partial charge >= 0.3 is 0 Å². The summed E-state index contributed by atoms with van der Waals surface area (Å²) in [6.45, 7) is 4.16. The van der Waals surface area contributed by atoms with Gasteiger partial charge in [0.2, 0.25) is 0 Å². The molecule has 0 saturated heterocycles. The van der Waals surface area contributed by atoms with Gasteiger partial charge in [-0.25, -0.2) is 4.83 Å². The average Bonchev–Trinajstić information content (AvgIpc) is 2.74. The van der Waals surface area contributed by atoms with E-state index in [0.717, 1.165) is 16.9 Å². The molecule has 0 bridgehead atoms. The maximum absolute atomic E-state index is 12.5. The molecule has 7 heteroatoms. The minimum absolute atomic E-state index is 0.0149. The van der Waals surface area contributed by atoms with Crippen molar-refractivity contribution < 1.29 is 17.9 Å². The summed E-state index contributed by atoms with van der Waals surface area (Å²) in [6, 6.07) is 23.2. The van der Waals surface area contributed by atoms with Crippen molar-refractivity contribution in [2.75, 3.05) is 0 Å². The third kappa shape index (κ3) is 6.09. The maximum Gasteiger partial charge on any atom is 0.276 e. The summed E-state index contributed by atoms with van der Waals surface area (Å²) in [5, 5.41) is 3.93. The van der Waals surface area contributed by atoms with E-state index < -0.39 is 10.0 Å². The zero-order valence-electron chi connectivity index (χ0n) is 16.9. The fourth-order valence-corrected chi connectivity index (χ4v) is 3.45. The zero-order chi connectivity index (χ0) is 21.4. The van der Waals surface area contributed by atoms with Gasteiger partial charge in [0.1, 0.15) is 18.1 Å². The van der Waals surface area contributed by atoms with Crippen LogP contribution < -0.4 is 14.3 Å². The third-order valence-electron chi connectivity index (χ3n) is 4.07. The Morgan fingerprint density at radius 3 is 2.27 bits per heavy atom. The molecule has 0 aromatic heterocycles. The second-order valence-corrected chi connectivity index (χ2v) is 8.45. The first-order chi connectivity index (χ1) is 14.4. The predicted octanol–water partition coefficient (Wildman–Crippen LogP) is 4.37. The Hall–Kier alpha value is -3.32. The van der Waals surface area contributed by atoms with Gasteiger partial charge in [0.05, 0.1) is 17.2 Å². The van der Waals surface area contributed by atoms with E-state index in [1.807, 2.05) is 68.4 Å². The highest BCUT2D eigenvalue weighted by Gasteiger charge is 2.13. The van der Waals surface area contributed by atoms with Crippen LogP contribution in [0.2, 0.25) is 0 Å². The van der Waals surface area contributed by atoms with Gasteiger partial charge in [-0.3, -0.25) is 0 Å². The number of ether oxygens (including phenoxy) is 2. The summed E-state index contributed by atoms with van der Waals surface area (Å²) in [4.78, 5) is 2.35. The Kier molecular flexibility index (Phi) is 7.08. The van der Waals surface area contributed by atoms with Crippen LogP contribution in [0.25, 0.3) is 0 Å². The molecule has 0 aliphatic heterocycles. The predicted molar refractivity (Wildman–Crippen MR) is 117 cm³/mol. The minimum Gasteiger partial charge on any atom is -0.491 e. The van der Waals surface area contributed by atoms with Gasteiger partial charge in [0.25, 0.3) is 10.0 Å². The Morgan fingerprint density at radius 2 is 1.57 bits per heavy atom. The van der Waals surface area contributed by atoms with Gasteiger partial charge in [-0.1, -0.05) is 42.5 Å². The second-order valence-electron chi connectivity index (χ2n) is 6.79. The number of para-hydroxylation sites is 1. The van der Waals surface area contributed by atoms with Crippen LogP contribution >= 0.6 is 0 Å². The first kappa shape index (κ1) is 21.4. The Balaban J connectivity index is 1.65. The molecule has 3 aromatic carbocycles. The molecule has 1 N–H and O–H groups in total. The van der Waals surface area contributed by atoms with Crippen LogP contribution in [0.1, 0.15) is 25.0 Å². The quantitative estimate of drug-likeness (QED) is 0.409. The highest BCUT2D eigenvalue weighted by Crippen LogP contribution is 2.17. The molecule has 3 aromatic rings. The van der Waals surface area contributed by atoms with Gasteiger partial charge in [0, 0.05) is 5.56 Å². The summed E-state index contributed by atoms with van der Waals surface area (Å²) in [5.41, 5.74) is 1.65. The lowest BCUT2D eigenvalue weighted by Gasteiger charge is -2.10. The lowest BCUT2D eigenvalue weighted by atomic mass is 10.1. The van der Waals surface area contributed by atoms with Crippen LogP contribution in [0.3, 0.4) is 0 Å². The summed E-state index contributed by atoms with van der Waals surface area (Å²) < 4.78 is 36.2. The SMILES string of the molecule is CC(C)Oc1ccc(S(=O)(=O)N/N=C/c2ccccc2COc2ccccc2)cc1. The van der Waals surface area contributed by atoms with Crippen LogP contribution in [0.5, 0.6) is 11.5 Å². The van der Waals surface area contributed by atoms with Gasteiger partial charge in [0.15, 0.2) is 0 Å². The van der Waals surface area contributed by atoms with Crippen molar-refractivity contribution in [2.45, 2.75) is 31.5 Å². The molecule has 3 rings (SSSR count). The molecule has 0 saturated carbocycles. The molecule has 0 radical (unpaired) electrons. The standard InChI is InChI=1S/C23H24N2O4S/c1-18(2)29-22-12-14-23(15-13-22)30(26,27)25-24-16-19-8-6-7-9-20(19)17-28-21-10-4-3-5-11-21/h3-16,18,25H,17H2,1-2H3/b24-16+. The normalized spacial score (nSPS) is 11.6. The van der Waals surface area contributed by atoms with E-state index in [-0.39, 0.29) is 11.0 Å². The van der Waals surface area contributed by atoms with Crippen LogP contribution in [0.4, 0.5) is 0 Å². The van der Waals surface area contributed by atoms with Crippen molar-refractivity contribution in [1.82, 2.24) is 4.83 Å². The largest absolute Gasteiger partial charge is 0.491 e. The summed E-state index contributed by atoms with van der Waals surface area (Å²) in [7, 11) is -3.78. The molecule has 0 atom stereocenters. The number of hydrogen-bond donors (Lipinski definition) is 1. The summed E-state index contributed by atoms with van der Waals surface area (Å²) in [6.07, 6.45) is 1.48. The number of hydrogen-bond acceptors (Lipinski definition) is 5. The molecular weight excluding hydrogens is 400 g/mol. The Bertz CT molecular complexity index is 1080. The molecule has 30 heavy (non-hydrogen) atoms. The number of hydrazone groups is 1. The van der Waals surface area contributed by atoms with E-state index in [4.69, 9.17) is 9.47 Å². The van der Waals surface area contributed by atoms with Gasteiger partial charge in [-0.15, -0.1) is 0 Å². The molecule has 6 nitrogen and oxygen atoms in total. The second kappa shape index (κ2) is 9.93. The Labute approximate surface area is 177 Å². The Morgan fingerprint density at radius 1 is 0.900 bits per heavy atom. The molecule has 0 spiro atoms. The lowest BCUT2D eigenvalue weighted by molar-refractivity contribution is 0.242. The van der Waals surface area contributed by atoms with Crippen molar-refractivity contribution in [3.63, 3.8) is 0 Å². The molecule has 156 valence electrons. The number of nitrogens with zero attached hydrogens (tertiary/aromatic N) is 1. The molecule has 0 fully saturated rings. The van der Waals surface area contributed by atoms with Gasteiger partial charge in [-0.05, 0) is 55.8 Å². The topological polar surface area (TPSA) is 77.0 Å². The maximum atomic E-state index is 12.5. The lowest BCUT2D eigenvalue weighted by Crippen LogP contribution is -2.18. The van der Waals surface area contributed by atoms with E-state index in [1.54, 1.807) is 12.1 Å². The molecular formula is C23H24N2O4S. The fourth-order valence-electron chi connectivity index (χ4n) is 2.66. The third-order valence-corrected chi connectivity index (χ3v) is 5.31. The van der Waals surface area contributed by atoms with Crippen molar-refractivity contribution in [3.05, 3.63) is 90.0 Å². The van der Waals surface area contributed by atoms with Crippen molar-refractivity contribution >= 4 is 16.2 Å². The number of sulfonamides is 1. The van der Waals surface area contributed by atoms with Crippen molar-refractivity contribution in [3.8, 4) is 11.5 Å². The number of benzene rings is 3. The zero-order valence-corrected chi connectivity index (χ0v) is 17.7. The van der Waals surface area contributed by atoms with E-state index >= 15 is 0 Å². The highest BCUT2D eigenvalue weighted by atomic mass is 32.2. The number of rotatable bonds is 9. The van der Waals surface area contributed by atoms with Crippen LogP contribution in [0, 0.1) is 0 Å². The fraction of sp³-hybridized carbons (Fsp3) is 0.174. The highest BCUT2D eigenvalue weighted by molar-refractivity contribution is 7.89. The average molecular weight is 425 g/mol. The molecule has 0 aliphatic rings. The number of nitrogens with one attached hydrogen (secondary N) is 1. The van der Waals surface area contributed by atoms with Crippen LogP contribution in [-0.2, 0) is 16.6 Å². The summed E-state index contributed by atoms with van der Waals surface area (Å²) in [5.74, 6) is 1.37. The van der Waals surface area contributed by atoms with Crippen LogP contribution in [-0.4, -0.2) is 20.7 Å². The molecule has 0 unspecified atom stereocenters. The van der Waals surface area contributed by atoms with Crippen molar-refractivity contribution in [1.29, 1.82) is 0 Å².